The molecular weight excluding hydrogens is 276 g/mol. The van der Waals surface area contributed by atoms with Gasteiger partial charge in [-0.2, -0.15) is 0 Å². The van der Waals surface area contributed by atoms with Crippen LogP contribution in [0.2, 0.25) is 0 Å². The molecule has 0 spiro atoms. The topological polar surface area (TPSA) is 95.7 Å². The number of furan rings is 1. The third-order valence-electron chi connectivity index (χ3n) is 2.72. The summed E-state index contributed by atoms with van der Waals surface area (Å²) < 4.78 is 6.66. The smallest absolute Gasteiger partial charge is 0.217 e. The SMILES string of the molecule is Cc1ccnc(Sc2nnc(-c3ccoc3C)n2N)n1. The average molecular weight is 288 g/mol. The third-order valence-corrected chi connectivity index (χ3v) is 3.56. The molecule has 0 radical (unpaired) electrons. The molecule has 0 bridgehead atoms. The van der Waals surface area contributed by atoms with Crippen molar-refractivity contribution in [2.24, 2.45) is 0 Å². The summed E-state index contributed by atoms with van der Waals surface area (Å²) in [5.41, 5.74) is 1.70. The maximum atomic E-state index is 6.02. The van der Waals surface area contributed by atoms with Gasteiger partial charge in [-0.3, -0.25) is 0 Å². The van der Waals surface area contributed by atoms with Gasteiger partial charge < -0.3 is 10.3 Å². The molecular formula is C12H12N6OS. The van der Waals surface area contributed by atoms with E-state index in [1.165, 1.54) is 16.4 Å². The molecule has 7 nitrogen and oxygen atoms in total. The van der Waals surface area contributed by atoms with Crippen LogP contribution < -0.4 is 5.84 Å². The number of nitrogens with two attached hydrogens (primary N) is 1. The number of nitrogen functional groups attached to an aromatic ring is 1. The highest BCUT2D eigenvalue weighted by molar-refractivity contribution is 7.99. The second-order valence-electron chi connectivity index (χ2n) is 4.15. The first-order valence-corrected chi connectivity index (χ1v) is 6.69. The normalized spacial score (nSPS) is 10.9. The van der Waals surface area contributed by atoms with E-state index in [1.54, 1.807) is 18.5 Å². The van der Waals surface area contributed by atoms with Gasteiger partial charge >= 0.3 is 0 Å². The molecule has 0 aliphatic heterocycles. The lowest BCUT2D eigenvalue weighted by atomic mass is 10.2. The van der Waals surface area contributed by atoms with E-state index in [0.29, 0.717) is 16.1 Å². The van der Waals surface area contributed by atoms with Crippen molar-refractivity contribution in [2.45, 2.75) is 24.2 Å². The molecule has 0 amide bonds. The van der Waals surface area contributed by atoms with Crippen molar-refractivity contribution in [1.82, 2.24) is 24.8 Å². The van der Waals surface area contributed by atoms with Crippen molar-refractivity contribution in [1.29, 1.82) is 0 Å². The summed E-state index contributed by atoms with van der Waals surface area (Å²) in [6.07, 6.45) is 3.29. The molecule has 0 saturated carbocycles. The molecule has 0 saturated heterocycles. The van der Waals surface area contributed by atoms with Crippen LogP contribution in [0.4, 0.5) is 0 Å². The van der Waals surface area contributed by atoms with Crippen LogP contribution in [0, 0.1) is 13.8 Å². The maximum Gasteiger partial charge on any atom is 0.217 e. The molecule has 0 unspecified atom stereocenters. The number of rotatable bonds is 3. The van der Waals surface area contributed by atoms with E-state index in [1.807, 2.05) is 19.9 Å². The van der Waals surface area contributed by atoms with Crippen molar-refractivity contribution in [3.63, 3.8) is 0 Å². The Hall–Kier alpha value is -2.35. The van der Waals surface area contributed by atoms with Crippen LogP contribution in [0.1, 0.15) is 11.5 Å². The fourth-order valence-corrected chi connectivity index (χ4v) is 2.44. The number of hydrogen-bond acceptors (Lipinski definition) is 7. The molecule has 3 heterocycles. The molecule has 0 aromatic carbocycles. The van der Waals surface area contributed by atoms with Gasteiger partial charge in [0.1, 0.15) is 5.76 Å². The Morgan fingerprint density at radius 3 is 2.80 bits per heavy atom. The Bertz CT molecular complexity index is 750. The summed E-state index contributed by atoms with van der Waals surface area (Å²) >= 11 is 1.26. The van der Waals surface area contributed by atoms with Gasteiger partial charge in [0, 0.05) is 11.9 Å². The van der Waals surface area contributed by atoms with Crippen LogP contribution >= 0.6 is 11.8 Å². The van der Waals surface area contributed by atoms with Gasteiger partial charge in [0.25, 0.3) is 0 Å². The second kappa shape index (κ2) is 4.97. The van der Waals surface area contributed by atoms with Crippen LogP contribution in [0.3, 0.4) is 0 Å². The van der Waals surface area contributed by atoms with Crippen LogP contribution in [-0.2, 0) is 0 Å². The third kappa shape index (κ3) is 2.25. The van der Waals surface area contributed by atoms with E-state index < -0.39 is 0 Å². The van der Waals surface area contributed by atoms with E-state index in [9.17, 15) is 0 Å². The lowest BCUT2D eigenvalue weighted by Crippen LogP contribution is -2.11. The molecule has 8 heteroatoms. The van der Waals surface area contributed by atoms with Crippen molar-refractivity contribution < 1.29 is 4.42 Å². The van der Waals surface area contributed by atoms with E-state index in [-0.39, 0.29) is 0 Å². The number of hydrogen-bond donors (Lipinski definition) is 1. The van der Waals surface area contributed by atoms with Crippen molar-refractivity contribution in [2.75, 3.05) is 5.84 Å². The predicted molar refractivity (Wildman–Crippen MR) is 73.5 cm³/mol. The molecule has 20 heavy (non-hydrogen) atoms. The van der Waals surface area contributed by atoms with Gasteiger partial charge in [-0.1, -0.05) is 0 Å². The zero-order valence-corrected chi connectivity index (χ0v) is 11.8. The first-order valence-electron chi connectivity index (χ1n) is 5.87. The summed E-state index contributed by atoms with van der Waals surface area (Å²) in [4.78, 5) is 8.46. The largest absolute Gasteiger partial charge is 0.469 e. The zero-order valence-electron chi connectivity index (χ0n) is 10.9. The van der Waals surface area contributed by atoms with E-state index >= 15 is 0 Å². The number of nitrogens with zero attached hydrogens (tertiary/aromatic N) is 5. The molecule has 3 rings (SSSR count). The Morgan fingerprint density at radius 1 is 1.25 bits per heavy atom. The fraction of sp³-hybridized carbons (Fsp3) is 0.167. The summed E-state index contributed by atoms with van der Waals surface area (Å²) in [5, 5.41) is 9.26. The van der Waals surface area contributed by atoms with E-state index in [2.05, 4.69) is 20.2 Å². The standard InChI is InChI=1S/C12H12N6OS/c1-7-3-5-14-11(15-7)20-12-17-16-10(18(12)13)9-4-6-19-8(9)2/h3-6H,13H2,1-2H3. The predicted octanol–water partition coefficient (Wildman–Crippen LogP) is 1.81. The van der Waals surface area contributed by atoms with Crippen LogP contribution in [0.15, 0.2) is 39.3 Å². The minimum absolute atomic E-state index is 0.520. The zero-order chi connectivity index (χ0) is 14.1. The quantitative estimate of drug-likeness (QED) is 0.580. The molecule has 0 aliphatic carbocycles. The van der Waals surface area contributed by atoms with Crippen LogP contribution in [-0.4, -0.2) is 24.8 Å². The lowest BCUT2D eigenvalue weighted by Gasteiger charge is -2.02. The molecule has 3 aromatic heterocycles. The molecule has 102 valence electrons. The lowest BCUT2D eigenvalue weighted by molar-refractivity contribution is 0.535. The molecule has 0 atom stereocenters. The maximum absolute atomic E-state index is 6.02. The van der Waals surface area contributed by atoms with E-state index in [0.717, 1.165) is 17.0 Å². The van der Waals surface area contributed by atoms with Gasteiger partial charge in [-0.05, 0) is 37.7 Å². The molecule has 3 aromatic rings. The fourth-order valence-electron chi connectivity index (χ4n) is 1.70. The van der Waals surface area contributed by atoms with Gasteiger partial charge in [0.15, 0.2) is 11.0 Å². The second-order valence-corrected chi connectivity index (χ2v) is 5.08. The highest BCUT2D eigenvalue weighted by atomic mass is 32.2. The molecule has 0 fully saturated rings. The number of aromatic nitrogens is 5. The van der Waals surface area contributed by atoms with Crippen LogP contribution in [0.5, 0.6) is 0 Å². The average Bonchev–Trinajstić information content (AvgIpc) is 2.97. The minimum atomic E-state index is 0.520. The van der Waals surface area contributed by atoms with Gasteiger partial charge in [-0.25, -0.2) is 14.6 Å². The Balaban J connectivity index is 1.93. The number of aryl methyl sites for hydroxylation is 2. The van der Waals surface area contributed by atoms with Crippen LogP contribution in [0.25, 0.3) is 11.4 Å². The molecule has 2 N–H and O–H groups in total. The van der Waals surface area contributed by atoms with Crippen molar-refractivity contribution in [3.8, 4) is 11.4 Å². The highest BCUT2D eigenvalue weighted by Crippen LogP contribution is 2.27. The van der Waals surface area contributed by atoms with Gasteiger partial charge in [0.2, 0.25) is 5.16 Å². The highest BCUT2D eigenvalue weighted by Gasteiger charge is 2.16. The minimum Gasteiger partial charge on any atom is -0.469 e. The first-order chi connectivity index (χ1) is 9.65. The summed E-state index contributed by atoms with van der Waals surface area (Å²) in [7, 11) is 0. The summed E-state index contributed by atoms with van der Waals surface area (Å²) in [6, 6.07) is 3.64. The Morgan fingerprint density at radius 2 is 2.10 bits per heavy atom. The monoisotopic (exact) mass is 288 g/mol. The van der Waals surface area contributed by atoms with Crippen molar-refractivity contribution in [3.05, 3.63) is 36.0 Å². The Kier molecular flexibility index (Phi) is 3.15. The van der Waals surface area contributed by atoms with Gasteiger partial charge in [0.05, 0.1) is 11.8 Å². The van der Waals surface area contributed by atoms with Gasteiger partial charge in [-0.15, -0.1) is 10.2 Å². The molecule has 0 aliphatic rings. The van der Waals surface area contributed by atoms with Crippen molar-refractivity contribution >= 4 is 11.8 Å². The summed E-state index contributed by atoms with van der Waals surface area (Å²) in [6.45, 7) is 3.75. The van der Waals surface area contributed by atoms with E-state index in [4.69, 9.17) is 10.3 Å². The summed E-state index contributed by atoms with van der Waals surface area (Å²) in [5.74, 6) is 7.31. The first kappa shape index (κ1) is 12.7. The Labute approximate surface area is 119 Å².